The largest absolute Gasteiger partial charge is 0.388 e. The van der Waals surface area contributed by atoms with E-state index in [2.05, 4.69) is 16.7 Å². The van der Waals surface area contributed by atoms with E-state index in [1.54, 1.807) is 6.92 Å². The van der Waals surface area contributed by atoms with Gasteiger partial charge in [-0.25, -0.2) is 0 Å². The van der Waals surface area contributed by atoms with Crippen molar-refractivity contribution in [3.8, 4) is 0 Å². The zero-order valence-electron chi connectivity index (χ0n) is 9.55. The number of ketones is 1. The van der Waals surface area contributed by atoms with Crippen LogP contribution in [0.25, 0.3) is 0 Å². The number of hydrogen-bond acceptors (Lipinski definition) is 3. The van der Waals surface area contributed by atoms with E-state index in [4.69, 9.17) is 0 Å². The Labute approximate surface area is 90.9 Å². The van der Waals surface area contributed by atoms with Crippen LogP contribution >= 0.6 is 0 Å². The summed E-state index contributed by atoms with van der Waals surface area (Å²) in [5.74, 6) is 0.102. The number of rotatable bonds is 5. The van der Waals surface area contributed by atoms with Crippen molar-refractivity contribution in [2.45, 2.75) is 13.3 Å². The van der Waals surface area contributed by atoms with E-state index in [9.17, 15) is 4.79 Å². The fraction of sp³-hybridized carbons (Fsp3) is 0.417. The lowest BCUT2D eigenvalue weighted by Gasteiger charge is -2.09. The lowest BCUT2D eigenvalue weighted by molar-refractivity contribution is 0.101. The average molecular weight is 206 g/mol. The first kappa shape index (κ1) is 11.7. The molecule has 0 radical (unpaired) electrons. The maximum absolute atomic E-state index is 11.4. The van der Waals surface area contributed by atoms with E-state index < -0.39 is 0 Å². The molecule has 0 heterocycles. The standard InChI is InChI=1S/C12H18N2O/c1-9(15)11-8-10(6-7-13-2)4-5-12(11)14-3/h4-5,8,13-14H,6-7H2,1-3H3. The number of anilines is 1. The van der Waals surface area contributed by atoms with Crippen LogP contribution in [0.4, 0.5) is 5.69 Å². The van der Waals surface area contributed by atoms with Crippen molar-refractivity contribution < 1.29 is 4.79 Å². The van der Waals surface area contributed by atoms with E-state index in [1.807, 2.05) is 26.2 Å². The summed E-state index contributed by atoms with van der Waals surface area (Å²) < 4.78 is 0. The lowest BCUT2D eigenvalue weighted by atomic mass is 10.0. The van der Waals surface area contributed by atoms with Crippen LogP contribution < -0.4 is 10.6 Å². The molecule has 15 heavy (non-hydrogen) atoms. The molecule has 0 aromatic heterocycles. The fourth-order valence-electron chi connectivity index (χ4n) is 1.53. The number of carbonyl (C=O) groups is 1. The average Bonchev–Trinajstić information content (AvgIpc) is 2.25. The van der Waals surface area contributed by atoms with Crippen molar-refractivity contribution in [2.24, 2.45) is 0 Å². The van der Waals surface area contributed by atoms with Gasteiger partial charge in [-0.05, 0) is 44.6 Å². The van der Waals surface area contributed by atoms with Crippen molar-refractivity contribution in [3.05, 3.63) is 29.3 Å². The second-order valence-electron chi connectivity index (χ2n) is 3.54. The zero-order chi connectivity index (χ0) is 11.3. The highest BCUT2D eigenvalue weighted by atomic mass is 16.1. The summed E-state index contributed by atoms with van der Waals surface area (Å²) in [6.45, 7) is 2.52. The molecule has 0 fully saturated rings. The normalized spacial score (nSPS) is 10.1. The molecule has 0 aliphatic rings. The van der Waals surface area contributed by atoms with Crippen molar-refractivity contribution in [1.82, 2.24) is 5.32 Å². The molecule has 0 atom stereocenters. The van der Waals surface area contributed by atoms with Crippen LogP contribution in [0, 0.1) is 0 Å². The minimum atomic E-state index is 0.102. The molecule has 2 N–H and O–H groups in total. The monoisotopic (exact) mass is 206 g/mol. The third-order valence-corrected chi connectivity index (χ3v) is 2.40. The van der Waals surface area contributed by atoms with Crippen LogP contribution in [0.15, 0.2) is 18.2 Å². The van der Waals surface area contributed by atoms with Crippen molar-refractivity contribution in [3.63, 3.8) is 0 Å². The molecule has 3 nitrogen and oxygen atoms in total. The quantitative estimate of drug-likeness (QED) is 0.720. The number of benzene rings is 1. The first-order chi connectivity index (χ1) is 7.19. The summed E-state index contributed by atoms with van der Waals surface area (Å²) in [7, 11) is 3.75. The maximum Gasteiger partial charge on any atom is 0.161 e. The van der Waals surface area contributed by atoms with Crippen LogP contribution in [0.5, 0.6) is 0 Å². The zero-order valence-corrected chi connectivity index (χ0v) is 9.55. The van der Waals surface area contributed by atoms with Gasteiger partial charge in [-0.2, -0.15) is 0 Å². The lowest BCUT2D eigenvalue weighted by Crippen LogP contribution is -2.11. The van der Waals surface area contributed by atoms with Crippen molar-refractivity contribution in [2.75, 3.05) is 26.0 Å². The summed E-state index contributed by atoms with van der Waals surface area (Å²) in [6, 6.07) is 5.98. The van der Waals surface area contributed by atoms with Gasteiger partial charge in [0.25, 0.3) is 0 Å². The Balaban J connectivity index is 2.94. The van der Waals surface area contributed by atoms with E-state index in [0.717, 1.165) is 24.2 Å². The summed E-state index contributed by atoms with van der Waals surface area (Å²) in [4.78, 5) is 11.4. The topological polar surface area (TPSA) is 41.1 Å². The Morgan fingerprint density at radius 2 is 2.07 bits per heavy atom. The van der Waals surface area contributed by atoms with Gasteiger partial charge in [0.15, 0.2) is 5.78 Å². The van der Waals surface area contributed by atoms with Crippen LogP contribution in [0.3, 0.4) is 0 Å². The molecule has 1 aromatic carbocycles. The molecule has 0 amide bonds. The Kier molecular flexibility index (Phi) is 4.31. The second-order valence-corrected chi connectivity index (χ2v) is 3.54. The molecule has 0 aliphatic carbocycles. The highest BCUT2D eigenvalue weighted by Gasteiger charge is 2.06. The van der Waals surface area contributed by atoms with Crippen LogP contribution in [-0.2, 0) is 6.42 Å². The number of hydrogen-bond donors (Lipinski definition) is 2. The van der Waals surface area contributed by atoms with Gasteiger partial charge in [0.2, 0.25) is 0 Å². The SMILES string of the molecule is CNCCc1ccc(NC)c(C(C)=O)c1. The van der Waals surface area contributed by atoms with Crippen molar-refractivity contribution in [1.29, 1.82) is 0 Å². The molecule has 82 valence electrons. The number of carbonyl (C=O) groups excluding carboxylic acids is 1. The summed E-state index contributed by atoms with van der Waals surface area (Å²) in [6.07, 6.45) is 0.945. The van der Waals surface area contributed by atoms with Gasteiger partial charge < -0.3 is 10.6 Å². The molecule has 0 saturated carbocycles. The molecule has 0 spiro atoms. The Bertz CT molecular complexity index is 347. The van der Waals surface area contributed by atoms with E-state index in [0.29, 0.717) is 0 Å². The molecule has 0 unspecified atom stereocenters. The molecule has 1 rings (SSSR count). The van der Waals surface area contributed by atoms with E-state index in [-0.39, 0.29) is 5.78 Å². The van der Waals surface area contributed by atoms with E-state index in [1.165, 1.54) is 5.56 Å². The molecule has 0 bridgehead atoms. The van der Waals surface area contributed by atoms with Gasteiger partial charge in [-0.15, -0.1) is 0 Å². The van der Waals surface area contributed by atoms with Gasteiger partial charge in [0.1, 0.15) is 0 Å². The molecule has 3 heteroatoms. The summed E-state index contributed by atoms with van der Waals surface area (Å²) in [5, 5.41) is 6.12. The molecule has 0 aliphatic heterocycles. The number of likely N-dealkylation sites (N-methyl/N-ethyl adjacent to an activating group) is 1. The first-order valence-electron chi connectivity index (χ1n) is 5.15. The molecular formula is C12H18N2O. The minimum absolute atomic E-state index is 0.102. The van der Waals surface area contributed by atoms with Gasteiger partial charge in [-0.3, -0.25) is 4.79 Å². The van der Waals surface area contributed by atoms with Gasteiger partial charge >= 0.3 is 0 Å². The van der Waals surface area contributed by atoms with Gasteiger partial charge in [0.05, 0.1) is 0 Å². The van der Waals surface area contributed by atoms with Gasteiger partial charge in [0, 0.05) is 18.3 Å². The minimum Gasteiger partial charge on any atom is -0.388 e. The summed E-state index contributed by atoms with van der Waals surface area (Å²) >= 11 is 0. The number of Topliss-reactive ketones (excluding diaryl/α,β-unsaturated/α-hetero) is 1. The Morgan fingerprint density at radius 1 is 1.33 bits per heavy atom. The van der Waals surface area contributed by atoms with Gasteiger partial charge in [-0.1, -0.05) is 6.07 Å². The third-order valence-electron chi connectivity index (χ3n) is 2.40. The highest BCUT2D eigenvalue weighted by molar-refractivity contribution is 5.99. The van der Waals surface area contributed by atoms with Crippen LogP contribution in [0.2, 0.25) is 0 Å². The van der Waals surface area contributed by atoms with Crippen molar-refractivity contribution >= 4 is 11.5 Å². The molecular weight excluding hydrogens is 188 g/mol. The Morgan fingerprint density at radius 3 is 2.60 bits per heavy atom. The predicted molar refractivity (Wildman–Crippen MR) is 63.6 cm³/mol. The maximum atomic E-state index is 11.4. The van der Waals surface area contributed by atoms with Crippen LogP contribution in [-0.4, -0.2) is 26.4 Å². The smallest absolute Gasteiger partial charge is 0.161 e. The first-order valence-corrected chi connectivity index (χ1v) is 5.15. The fourth-order valence-corrected chi connectivity index (χ4v) is 1.53. The van der Waals surface area contributed by atoms with E-state index >= 15 is 0 Å². The molecule has 1 aromatic rings. The highest BCUT2D eigenvalue weighted by Crippen LogP contribution is 2.17. The number of nitrogens with one attached hydrogen (secondary N) is 2. The Hall–Kier alpha value is -1.35. The molecule has 0 saturated heterocycles. The van der Waals surface area contributed by atoms with Crippen LogP contribution in [0.1, 0.15) is 22.8 Å². The second kappa shape index (κ2) is 5.51. The summed E-state index contributed by atoms with van der Waals surface area (Å²) in [5.41, 5.74) is 2.86. The third kappa shape index (κ3) is 3.06. The predicted octanol–water partition coefficient (Wildman–Crippen LogP) is 1.69.